The van der Waals surface area contributed by atoms with Gasteiger partial charge in [0, 0.05) is 18.9 Å². The molecule has 1 aliphatic carbocycles. The lowest BCUT2D eigenvalue weighted by Gasteiger charge is -2.16. The molecule has 0 bridgehead atoms. The standard InChI is InChI=1S/C14H24N2O4/c1-8(2)6-11(14(19)20)16-12(17)4-5-15-13(18)10-7-9(10)3/h8-11H,4-7H2,1-3H3,(H,15,18)(H,16,17)(H,19,20)/t9?,10?,11-/m0/s1. The van der Waals surface area contributed by atoms with E-state index in [0.29, 0.717) is 12.3 Å². The number of carbonyl (C=O) groups excluding carboxylic acids is 2. The largest absolute Gasteiger partial charge is 0.480 e. The average molecular weight is 284 g/mol. The normalized spacial score (nSPS) is 22.2. The molecule has 0 aromatic rings. The Morgan fingerprint density at radius 1 is 1.30 bits per heavy atom. The van der Waals surface area contributed by atoms with E-state index < -0.39 is 12.0 Å². The molecule has 0 heterocycles. The lowest BCUT2D eigenvalue weighted by atomic mass is 10.0. The number of amides is 2. The van der Waals surface area contributed by atoms with E-state index >= 15 is 0 Å². The Morgan fingerprint density at radius 2 is 1.90 bits per heavy atom. The van der Waals surface area contributed by atoms with Crippen molar-refractivity contribution in [3.63, 3.8) is 0 Å². The van der Waals surface area contributed by atoms with Crippen LogP contribution in [0.5, 0.6) is 0 Å². The van der Waals surface area contributed by atoms with Gasteiger partial charge in [-0.15, -0.1) is 0 Å². The summed E-state index contributed by atoms with van der Waals surface area (Å²) in [6, 6.07) is -0.860. The number of hydrogen-bond donors (Lipinski definition) is 3. The molecule has 6 heteroatoms. The highest BCUT2D eigenvalue weighted by Gasteiger charge is 2.38. The molecule has 3 N–H and O–H groups in total. The molecule has 2 amide bonds. The summed E-state index contributed by atoms with van der Waals surface area (Å²) in [6.45, 7) is 6.07. The van der Waals surface area contributed by atoms with E-state index in [2.05, 4.69) is 10.6 Å². The molecule has 0 aromatic heterocycles. The fourth-order valence-electron chi connectivity index (χ4n) is 2.08. The van der Waals surface area contributed by atoms with E-state index in [0.717, 1.165) is 6.42 Å². The third-order valence-corrected chi connectivity index (χ3v) is 3.44. The van der Waals surface area contributed by atoms with Crippen molar-refractivity contribution < 1.29 is 19.5 Å². The molecular weight excluding hydrogens is 260 g/mol. The van der Waals surface area contributed by atoms with Crippen LogP contribution in [-0.4, -0.2) is 35.5 Å². The summed E-state index contributed by atoms with van der Waals surface area (Å²) in [5.41, 5.74) is 0. The topological polar surface area (TPSA) is 95.5 Å². The molecule has 6 nitrogen and oxygen atoms in total. The van der Waals surface area contributed by atoms with Gasteiger partial charge in [0.2, 0.25) is 11.8 Å². The van der Waals surface area contributed by atoms with Crippen LogP contribution in [0.4, 0.5) is 0 Å². The maximum atomic E-state index is 11.6. The van der Waals surface area contributed by atoms with Crippen molar-refractivity contribution in [1.82, 2.24) is 10.6 Å². The first-order chi connectivity index (χ1) is 9.31. The third-order valence-electron chi connectivity index (χ3n) is 3.44. The van der Waals surface area contributed by atoms with Crippen LogP contribution in [0.3, 0.4) is 0 Å². The van der Waals surface area contributed by atoms with Gasteiger partial charge in [-0.3, -0.25) is 9.59 Å². The molecule has 2 unspecified atom stereocenters. The van der Waals surface area contributed by atoms with E-state index in [-0.39, 0.29) is 36.6 Å². The van der Waals surface area contributed by atoms with E-state index in [1.807, 2.05) is 20.8 Å². The Labute approximate surface area is 119 Å². The van der Waals surface area contributed by atoms with Gasteiger partial charge in [-0.05, 0) is 24.7 Å². The number of carbonyl (C=O) groups is 3. The second kappa shape index (κ2) is 7.26. The van der Waals surface area contributed by atoms with E-state index in [4.69, 9.17) is 5.11 Å². The van der Waals surface area contributed by atoms with Crippen LogP contribution in [0.25, 0.3) is 0 Å². The zero-order valence-corrected chi connectivity index (χ0v) is 12.3. The first kappa shape index (κ1) is 16.5. The molecule has 0 saturated heterocycles. The van der Waals surface area contributed by atoms with Crippen molar-refractivity contribution in [3.8, 4) is 0 Å². The van der Waals surface area contributed by atoms with Gasteiger partial charge in [-0.2, -0.15) is 0 Å². The zero-order chi connectivity index (χ0) is 15.3. The Bertz CT molecular complexity index is 381. The minimum absolute atomic E-state index is 0.0118. The van der Waals surface area contributed by atoms with Crippen LogP contribution in [-0.2, 0) is 14.4 Å². The van der Waals surface area contributed by atoms with Crippen LogP contribution in [0.1, 0.15) is 40.0 Å². The molecule has 1 fully saturated rings. The molecule has 20 heavy (non-hydrogen) atoms. The predicted octanol–water partition coefficient (Wildman–Crippen LogP) is 0.764. The van der Waals surface area contributed by atoms with E-state index in [1.54, 1.807) is 0 Å². The zero-order valence-electron chi connectivity index (χ0n) is 12.3. The van der Waals surface area contributed by atoms with Crippen molar-refractivity contribution in [2.45, 2.75) is 46.1 Å². The smallest absolute Gasteiger partial charge is 0.326 e. The molecule has 0 radical (unpaired) electrons. The number of aliphatic carboxylic acids is 1. The summed E-state index contributed by atoms with van der Waals surface area (Å²) in [7, 11) is 0. The van der Waals surface area contributed by atoms with Crippen LogP contribution >= 0.6 is 0 Å². The van der Waals surface area contributed by atoms with Crippen molar-refractivity contribution >= 4 is 17.8 Å². The minimum atomic E-state index is -1.03. The summed E-state index contributed by atoms with van der Waals surface area (Å²) < 4.78 is 0. The highest BCUT2D eigenvalue weighted by molar-refractivity contribution is 5.85. The predicted molar refractivity (Wildman–Crippen MR) is 73.9 cm³/mol. The van der Waals surface area contributed by atoms with Crippen LogP contribution < -0.4 is 10.6 Å². The number of carboxylic acids is 1. The second-order valence-electron chi connectivity index (χ2n) is 5.95. The van der Waals surface area contributed by atoms with Gasteiger partial charge < -0.3 is 15.7 Å². The summed E-state index contributed by atoms with van der Waals surface area (Å²) in [4.78, 5) is 34.2. The SMILES string of the molecule is CC(C)C[C@H](NC(=O)CCNC(=O)C1CC1C)C(=O)O. The fourth-order valence-corrected chi connectivity index (χ4v) is 2.08. The Kier molecular flexibility index (Phi) is 5.98. The summed E-state index contributed by atoms with van der Waals surface area (Å²) in [5, 5.41) is 14.2. The number of hydrogen-bond acceptors (Lipinski definition) is 3. The fraction of sp³-hybridized carbons (Fsp3) is 0.786. The monoisotopic (exact) mass is 284 g/mol. The van der Waals surface area contributed by atoms with Gasteiger partial charge in [-0.25, -0.2) is 4.79 Å². The van der Waals surface area contributed by atoms with Gasteiger partial charge in [-0.1, -0.05) is 20.8 Å². The minimum Gasteiger partial charge on any atom is -0.480 e. The maximum absolute atomic E-state index is 11.6. The molecule has 0 aromatic carbocycles. The van der Waals surface area contributed by atoms with Crippen molar-refractivity contribution in [2.24, 2.45) is 17.8 Å². The Balaban J connectivity index is 2.24. The van der Waals surface area contributed by atoms with Crippen LogP contribution in [0.15, 0.2) is 0 Å². The quantitative estimate of drug-likeness (QED) is 0.613. The van der Waals surface area contributed by atoms with Gasteiger partial charge in [0.15, 0.2) is 0 Å². The first-order valence-corrected chi connectivity index (χ1v) is 7.11. The summed E-state index contributed by atoms with van der Waals surface area (Å²) in [6.07, 6.45) is 1.41. The lowest BCUT2D eigenvalue weighted by molar-refractivity contribution is -0.142. The van der Waals surface area contributed by atoms with E-state index in [9.17, 15) is 14.4 Å². The lowest BCUT2D eigenvalue weighted by Crippen LogP contribution is -2.42. The van der Waals surface area contributed by atoms with Gasteiger partial charge in [0.05, 0.1) is 0 Å². The second-order valence-corrected chi connectivity index (χ2v) is 5.95. The van der Waals surface area contributed by atoms with E-state index in [1.165, 1.54) is 0 Å². The van der Waals surface area contributed by atoms with Crippen LogP contribution in [0, 0.1) is 17.8 Å². The number of carboxylic acid groups (broad SMARTS) is 1. The molecule has 1 rings (SSSR count). The molecule has 1 saturated carbocycles. The molecule has 3 atom stereocenters. The molecular formula is C14H24N2O4. The highest BCUT2D eigenvalue weighted by Crippen LogP contribution is 2.37. The molecule has 1 aliphatic rings. The van der Waals surface area contributed by atoms with Gasteiger partial charge in [0.25, 0.3) is 0 Å². The van der Waals surface area contributed by atoms with Crippen molar-refractivity contribution in [2.75, 3.05) is 6.54 Å². The maximum Gasteiger partial charge on any atom is 0.326 e. The highest BCUT2D eigenvalue weighted by atomic mass is 16.4. The number of nitrogens with one attached hydrogen (secondary N) is 2. The summed E-state index contributed by atoms with van der Waals surface area (Å²) >= 11 is 0. The molecule has 0 aliphatic heterocycles. The van der Waals surface area contributed by atoms with Crippen molar-refractivity contribution in [3.05, 3.63) is 0 Å². The Hall–Kier alpha value is -1.59. The Morgan fingerprint density at radius 3 is 2.35 bits per heavy atom. The van der Waals surface area contributed by atoms with Gasteiger partial charge in [0.1, 0.15) is 6.04 Å². The molecule has 114 valence electrons. The average Bonchev–Trinajstić information content (AvgIpc) is 3.04. The third kappa shape index (κ3) is 5.59. The van der Waals surface area contributed by atoms with Gasteiger partial charge >= 0.3 is 5.97 Å². The van der Waals surface area contributed by atoms with Crippen molar-refractivity contribution in [1.29, 1.82) is 0 Å². The summed E-state index contributed by atoms with van der Waals surface area (Å²) in [5.74, 6) is -0.670. The molecule has 0 spiro atoms. The number of rotatable bonds is 8. The van der Waals surface area contributed by atoms with Crippen LogP contribution in [0.2, 0.25) is 0 Å². The first-order valence-electron chi connectivity index (χ1n) is 7.11.